The smallest absolute Gasteiger partial charge is 0.349 e. The van der Waals surface area contributed by atoms with E-state index in [2.05, 4.69) is 11.0 Å². The summed E-state index contributed by atoms with van der Waals surface area (Å²) in [5.41, 5.74) is -0.848. The third-order valence-electron chi connectivity index (χ3n) is 2.49. The largest absolute Gasteiger partial charge is 0.494 e. The van der Waals surface area contributed by atoms with E-state index in [-0.39, 0.29) is 22.1 Å². The molecule has 2 aromatic rings. The molecular formula is C13H11FO4. The Balaban J connectivity index is 2.85. The molecule has 0 spiro atoms. The van der Waals surface area contributed by atoms with Crippen LogP contribution in [0.2, 0.25) is 0 Å². The van der Waals surface area contributed by atoms with Gasteiger partial charge >= 0.3 is 5.63 Å². The summed E-state index contributed by atoms with van der Waals surface area (Å²) in [5.74, 6) is -1.22. The Morgan fingerprint density at radius 2 is 2.28 bits per heavy atom. The Hall–Kier alpha value is -2.30. The maximum Gasteiger partial charge on any atom is 0.349 e. The number of ether oxygens (including phenoxy) is 1. The van der Waals surface area contributed by atoms with Gasteiger partial charge in [-0.15, -0.1) is 0 Å². The molecule has 0 bridgehead atoms. The van der Waals surface area contributed by atoms with Crippen molar-refractivity contribution in [3.05, 3.63) is 46.6 Å². The van der Waals surface area contributed by atoms with E-state index in [1.807, 2.05) is 0 Å². The van der Waals surface area contributed by atoms with Crippen molar-refractivity contribution in [2.45, 2.75) is 6.92 Å². The van der Waals surface area contributed by atoms with Crippen LogP contribution < -0.4 is 5.63 Å². The number of aromatic hydroxyl groups is 1. The van der Waals surface area contributed by atoms with Crippen molar-refractivity contribution >= 4 is 16.5 Å². The monoisotopic (exact) mass is 250 g/mol. The number of fused-ring (bicyclic) bond motifs is 1. The lowest BCUT2D eigenvalue weighted by molar-refractivity contribution is 0.282. The molecule has 5 heteroatoms. The standard InChI is InChI=1S/C13H11FO4/c1-3-17-7(2)10-8-5-4-6-9(14)11(8)13(16)18-12(10)15/h4-6,15H,2-3H2,1H3. The molecular weight excluding hydrogens is 239 g/mol. The Morgan fingerprint density at radius 1 is 1.56 bits per heavy atom. The van der Waals surface area contributed by atoms with Crippen molar-refractivity contribution in [2.24, 2.45) is 0 Å². The average Bonchev–Trinajstić information content (AvgIpc) is 2.28. The van der Waals surface area contributed by atoms with E-state index in [0.717, 1.165) is 6.07 Å². The molecule has 0 amide bonds. The van der Waals surface area contributed by atoms with E-state index < -0.39 is 17.4 Å². The van der Waals surface area contributed by atoms with Crippen LogP contribution in [0.5, 0.6) is 5.95 Å². The van der Waals surface area contributed by atoms with Gasteiger partial charge in [0.15, 0.2) is 0 Å². The molecule has 0 aliphatic heterocycles. The van der Waals surface area contributed by atoms with Gasteiger partial charge in [0, 0.05) is 5.39 Å². The van der Waals surface area contributed by atoms with Crippen LogP contribution >= 0.6 is 0 Å². The predicted octanol–water partition coefficient (Wildman–Crippen LogP) is 2.64. The van der Waals surface area contributed by atoms with Crippen LogP contribution in [0, 0.1) is 5.82 Å². The Morgan fingerprint density at radius 3 is 2.94 bits per heavy atom. The van der Waals surface area contributed by atoms with Gasteiger partial charge in [-0.3, -0.25) is 0 Å². The van der Waals surface area contributed by atoms with E-state index in [1.54, 1.807) is 6.92 Å². The van der Waals surface area contributed by atoms with Gasteiger partial charge in [0.1, 0.15) is 22.5 Å². The molecule has 1 aromatic carbocycles. The van der Waals surface area contributed by atoms with Crippen LogP contribution in [0.3, 0.4) is 0 Å². The summed E-state index contributed by atoms with van der Waals surface area (Å²) in [4.78, 5) is 11.5. The molecule has 0 aliphatic carbocycles. The fraction of sp³-hybridized carbons (Fsp3) is 0.154. The first-order chi connectivity index (χ1) is 8.56. The molecule has 1 N–H and O–H groups in total. The first-order valence-corrected chi connectivity index (χ1v) is 5.32. The Kier molecular flexibility index (Phi) is 3.06. The maximum atomic E-state index is 13.6. The Bertz CT molecular complexity index is 672. The van der Waals surface area contributed by atoms with Gasteiger partial charge in [0.05, 0.1) is 6.61 Å². The normalized spacial score (nSPS) is 10.6. The zero-order valence-electron chi connectivity index (χ0n) is 9.70. The van der Waals surface area contributed by atoms with Crippen LogP contribution in [-0.4, -0.2) is 11.7 Å². The van der Waals surface area contributed by atoms with Gasteiger partial charge in [-0.05, 0) is 13.0 Å². The van der Waals surface area contributed by atoms with Gasteiger partial charge < -0.3 is 14.3 Å². The highest BCUT2D eigenvalue weighted by atomic mass is 19.1. The van der Waals surface area contributed by atoms with Crippen molar-refractivity contribution in [1.29, 1.82) is 0 Å². The summed E-state index contributed by atoms with van der Waals surface area (Å²) in [6.45, 7) is 5.69. The molecule has 1 aromatic heterocycles. The summed E-state index contributed by atoms with van der Waals surface area (Å²) >= 11 is 0. The van der Waals surface area contributed by atoms with Crippen LogP contribution in [0.4, 0.5) is 4.39 Å². The number of halogens is 1. The average molecular weight is 250 g/mol. The molecule has 0 atom stereocenters. The van der Waals surface area contributed by atoms with Gasteiger partial charge in [-0.2, -0.15) is 0 Å². The van der Waals surface area contributed by atoms with Gasteiger partial charge in [-0.1, -0.05) is 18.7 Å². The van der Waals surface area contributed by atoms with Crippen LogP contribution in [-0.2, 0) is 4.74 Å². The van der Waals surface area contributed by atoms with Crippen molar-refractivity contribution in [2.75, 3.05) is 6.61 Å². The third kappa shape index (κ3) is 1.84. The first kappa shape index (κ1) is 12.2. The van der Waals surface area contributed by atoms with Crippen molar-refractivity contribution in [1.82, 2.24) is 0 Å². The third-order valence-corrected chi connectivity index (χ3v) is 2.49. The molecule has 0 fully saturated rings. The second-order valence-corrected chi connectivity index (χ2v) is 3.59. The zero-order chi connectivity index (χ0) is 13.3. The molecule has 0 radical (unpaired) electrons. The second-order valence-electron chi connectivity index (χ2n) is 3.59. The van der Waals surface area contributed by atoms with E-state index in [9.17, 15) is 14.3 Å². The van der Waals surface area contributed by atoms with Crippen LogP contribution in [0.1, 0.15) is 12.5 Å². The number of hydrogen-bond acceptors (Lipinski definition) is 4. The minimum Gasteiger partial charge on any atom is -0.494 e. The molecule has 1 heterocycles. The summed E-state index contributed by atoms with van der Waals surface area (Å²) in [7, 11) is 0. The van der Waals surface area contributed by atoms with Gasteiger partial charge in [0.2, 0.25) is 0 Å². The number of benzene rings is 1. The van der Waals surface area contributed by atoms with Gasteiger partial charge in [0.25, 0.3) is 5.95 Å². The first-order valence-electron chi connectivity index (χ1n) is 5.32. The highest BCUT2D eigenvalue weighted by molar-refractivity contribution is 5.93. The number of rotatable bonds is 3. The quantitative estimate of drug-likeness (QED) is 0.851. The van der Waals surface area contributed by atoms with Gasteiger partial charge in [-0.25, -0.2) is 9.18 Å². The predicted molar refractivity (Wildman–Crippen MR) is 64.8 cm³/mol. The lowest BCUT2D eigenvalue weighted by Crippen LogP contribution is -2.05. The molecule has 4 nitrogen and oxygen atoms in total. The summed E-state index contributed by atoms with van der Waals surface area (Å²) in [6, 6.07) is 4.07. The fourth-order valence-electron chi connectivity index (χ4n) is 1.76. The van der Waals surface area contributed by atoms with Crippen molar-refractivity contribution in [3.63, 3.8) is 0 Å². The van der Waals surface area contributed by atoms with Crippen molar-refractivity contribution < 1.29 is 18.7 Å². The highest BCUT2D eigenvalue weighted by Gasteiger charge is 2.18. The fourth-order valence-corrected chi connectivity index (χ4v) is 1.76. The van der Waals surface area contributed by atoms with E-state index in [1.165, 1.54) is 12.1 Å². The molecule has 0 unspecified atom stereocenters. The lowest BCUT2D eigenvalue weighted by Gasteiger charge is -2.10. The molecule has 2 rings (SSSR count). The minimum atomic E-state index is -0.936. The topological polar surface area (TPSA) is 59.7 Å². The zero-order valence-corrected chi connectivity index (χ0v) is 9.70. The van der Waals surface area contributed by atoms with Crippen molar-refractivity contribution in [3.8, 4) is 5.95 Å². The van der Waals surface area contributed by atoms with Crippen LogP contribution in [0.25, 0.3) is 16.5 Å². The molecule has 94 valence electrons. The highest BCUT2D eigenvalue weighted by Crippen LogP contribution is 2.31. The number of hydrogen-bond donors (Lipinski definition) is 1. The SMILES string of the molecule is C=C(OCC)c1c(O)oc(=O)c2c(F)cccc12. The van der Waals surface area contributed by atoms with E-state index >= 15 is 0 Å². The minimum absolute atomic E-state index is 0.0888. The Labute approximate surface area is 102 Å². The van der Waals surface area contributed by atoms with Crippen LogP contribution in [0.15, 0.2) is 34.0 Å². The van der Waals surface area contributed by atoms with E-state index in [4.69, 9.17) is 4.74 Å². The second kappa shape index (κ2) is 4.52. The summed E-state index contributed by atoms with van der Waals surface area (Å²) < 4.78 is 23.3. The maximum absolute atomic E-state index is 13.6. The lowest BCUT2D eigenvalue weighted by atomic mass is 10.1. The molecule has 0 saturated carbocycles. The molecule has 0 aliphatic rings. The summed E-state index contributed by atoms with van der Waals surface area (Å²) in [6.07, 6.45) is 0. The van der Waals surface area contributed by atoms with E-state index in [0.29, 0.717) is 6.61 Å². The summed E-state index contributed by atoms with van der Waals surface area (Å²) in [5, 5.41) is 9.63. The molecule has 0 saturated heterocycles. The molecule has 18 heavy (non-hydrogen) atoms.